The number of aromatic nitrogens is 2. The van der Waals surface area contributed by atoms with Crippen LogP contribution in [0.25, 0.3) is 0 Å². The summed E-state index contributed by atoms with van der Waals surface area (Å²) >= 11 is 1.20. The summed E-state index contributed by atoms with van der Waals surface area (Å²) in [7, 11) is -2.32. The number of hydrogen-bond donors (Lipinski definition) is 0. The van der Waals surface area contributed by atoms with E-state index in [-0.39, 0.29) is 10.8 Å². The van der Waals surface area contributed by atoms with Gasteiger partial charge in [0.15, 0.2) is 0 Å². The van der Waals surface area contributed by atoms with Crippen molar-refractivity contribution in [2.75, 3.05) is 11.4 Å². The maximum Gasteiger partial charge on any atom is 0.290 e. The molecule has 1 aromatic carbocycles. The number of rotatable bonds is 4. The van der Waals surface area contributed by atoms with E-state index in [0.717, 1.165) is 21.1 Å². The standard InChI is InChI=1S/C19H21N3O3S2/c1-12-6-7-16(10-13(12)2)27(24,25)21(5)17-8-9-26-18(17)19(23)22-15(4)11-14(3)20-22/h6-11H,1-5H3. The maximum absolute atomic E-state index is 13.1. The van der Waals surface area contributed by atoms with E-state index in [9.17, 15) is 13.2 Å². The molecular formula is C19H21N3O3S2. The van der Waals surface area contributed by atoms with Crippen molar-refractivity contribution in [2.24, 2.45) is 0 Å². The van der Waals surface area contributed by atoms with Crippen molar-refractivity contribution in [2.45, 2.75) is 32.6 Å². The first-order valence-electron chi connectivity index (χ1n) is 8.34. The lowest BCUT2D eigenvalue weighted by atomic mass is 10.1. The van der Waals surface area contributed by atoms with Crippen LogP contribution in [0.4, 0.5) is 5.69 Å². The third-order valence-electron chi connectivity index (χ3n) is 4.52. The minimum Gasteiger partial charge on any atom is -0.268 e. The van der Waals surface area contributed by atoms with Crippen LogP contribution in [0.3, 0.4) is 0 Å². The smallest absolute Gasteiger partial charge is 0.268 e. The fourth-order valence-corrected chi connectivity index (χ4v) is 5.00. The van der Waals surface area contributed by atoms with Crippen molar-refractivity contribution in [3.63, 3.8) is 0 Å². The van der Waals surface area contributed by atoms with Crippen LogP contribution in [0.1, 0.15) is 32.2 Å². The molecule has 0 unspecified atom stereocenters. The van der Waals surface area contributed by atoms with Gasteiger partial charge in [-0.1, -0.05) is 6.07 Å². The Bertz CT molecular complexity index is 1130. The molecule has 0 amide bonds. The topological polar surface area (TPSA) is 72.3 Å². The fourth-order valence-electron chi connectivity index (χ4n) is 2.80. The first-order valence-corrected chi connectivity index (χ1v) is 10.7. The highest BCUT2D eigenvalue weighted by Gasteiger charge is 2.27. The number of aryl methyl sites for hydroxylation is 4. The second-order valence-electron chi connectivity index (χ2n) is 6.50. The molecule has 0 radical (unpaired) electrons. The minimum atomic E-state index is -3.79. The Morgan fingerprint density at radius 1 is 1.07 bits per heavy atom. The Labute approximate surface area is 163 Å². The molecule has 0 spiro atoms. The zero-order valence-corrected chi connectivity index (χ0v) is 17.5. The zero-order valence-electron chi connectivity index (χ0n) is 15.8. The van der Waals surface area contributed by atoms with Gasteiger partial charge in [-0.05, 0) is 68.5 Å². The molecule has 2 heterocycles. The molecule has 3 aromatic rings. The Hall–Kier alpha value is -2.45. The number of carbonyl (C=O) groups is 1. The van der Waals surface area contributed by atoms with E-state index >= 15 is 0 Å². The largest absolute Gasteiger partial charge is 0.290 e. The summed E-state index contributed by atoms with van der Waals surface area (Å²) in [6.45, 7) is 7.40. The first kappa shape index (κ1) is 19.3. The first-order chi connectivity index (χ1) is 12.6. The third kappa shape index (κ3) is 3.42. The average Bonchev–Trinajstić information content (AvgIpc) is 3.22. The number of benzene rings is 1. The van der Waals surface area contributed by atoms with Crippen molar-refractivity contribution >= 4 is 33.0 Å². The van der Waals surface area contributed by atoms with Crippen LogP contribution in [0.5, 0.6) is 0 Å². The Kier molecular flexibility index (Phi) is 4.96. The Balaban J connectivity index is 2.02. The lowest BCUT2D eigenvalue weighted by Crippen LogP contribution is -2.28. The monoisotopic (exact) mass is 403 g/mol. The fraction of sp³-hybridized carbons (Fsp3) is 0.263. The summed E-state index contributed by atoms with van der Waals surface area (Å²) in [5.41, 5.74) is 3.70. The van der Waals surface area contributed by atoms with Gasteiger partial charge < -0.3 is 0 Å². The minimum absolute atomic E-state index is 0.198. The summed E-state index contributed by atoms with van der Waals surface area (Å²) < 4.78 is 28.6. The number of sulfonamides is 1. The molecule has 0 aliphatic carbocycles. The highest BCUT2D eigenvalue weighted by Crippen LogP contribution is 2.31. The van der Waals surface area contributed by atoms with Gasteiger partial charge in [0.1, 0.15) is 4.88 Å². The zero-order chi connectivity index (χ0) is 19.9. The summed E-state index contributed by atoms with van der Waals surface area (Å²) in [6, 6.07) is 8.47. The lowest BCUT2D eigenvalue weighted by molar-refractivity contribution is 0.0947. The van der Waals surface area contributed by atoms with Gasteiger partial charge in [0.05, 0.1) is 16.3 Å². The lowest BCUT2D eigenvalue weighted by Gasteiger charge is -2.20. The SMILES string of the molecule is Cc1cc(C)n(C(=O)c2sccc2N(C)S(=O)(=O)c2ccc(C)c(C)c2)n1. The molecule has 0 saturated heterocycles. The number of nitrogens with zero attached hydrogens (tertiary/aromatic N) is 3. The molecule has 2 aromatic heterocycles. The molecule has 0 aliphatic heterocycles. The average molecular weight is 404 g/mol. The van der Waals surface area contributed by atoms with Crippen LogP contribution in [-0.4, -0.2) is 31.2 Å². The molecule has 3 rings (SSSR count). The maximum atomic E-state index is 13.1. The van der Waals surface area contributed by atoms with E-state index in [4.69, 9.17) is 0 Å². The molecule has 142 valence electrons. The van der Waals surface area contributed by atoms with Gasteiger partial charge >= 0.3 is 0 Å². The molecule has 0 N–H and O–H groups in total. The van der Waals surface area contributed by atoms with Crippen LogP contribution < -0.4 is 4.31 Å². The summed E-state index contributed by atoms with van der Waals surface area (Å²) in [5.74, 6) is -0.340. The van der Waals surface area contributed by atoms with Crippen molar-refractivity contribution in [3.05, 3.63) is 63.1 Å². The summed E-state index contributed by atoms with van der Waals surface area (Å²) in [5, 5.41) is 5.92. The van der Waals surface area contributed by atoms with E-state index in [1.54, 1.807) is 42.6 Å². The molecule has 0 atom stereocenters. The molecule has 6 nitrogen and oxygen atoms in total. The highest BCUT2D eigenvalue weighted by molar-refractivity contribution is 7.92. The highest BCUT2D eigenvalue weighted by atomic mass is 32.2. The molecule has 0 aliphatic rings. The van der Waals surface area contributed by atoms with Gasteiger partial charge in [-0.2, -0.15) is 5.10 Å². The van der Waals surface area contributed by atoms with Gasteiger partial charge in [0.25, 0.3) is 15.9 Å². The van der Waals surface area contributed by atoms with Crippen molar-refractivity contribution in [1.82, 2.24) is 9.78 Å². The van der Waals surface area contributed by atoms with Crippen LogP contribution in [0.15, 0.2) is 40.6 Å². The number of anilines is 1. The normalized spacial score (nSPS) is 11.6. The molecule has 27 heavy (non-hydrogen) atoms. The molecule has 0 bridgehead atoms. The molecular weight excluding hydrogens is 382 g/mol. The van der Waals surface area contributed by atoms with E-state index < -0.39 is 10.0 Å². The second kappa shape index (κ2) is 6.94. The van der Waals surface area contributed by atoms with Crippen LogP contribution in [0.2, 0.25) is 0 Å². The molecule has 0 saturated carbocycles. The quantitative estimate of drug-likeness (QED) is 0.666. The van der Waals surface area contributed by atoms with E-state index in [1.807, 2.05) is 20.8 Å². The van der Waals surface area contributed by atoms with Crippen molar-refractivity contribution < 1.29 is 13.2 Å². The van der Waals surface area contributed by atoms with Gasteiger partial charge in [-0.25, -0.2) is 13.1 Å². The summed E-state index contributed by atoms with van der Waals surface area (Å²) in [4.78, 5) is 13.4. The third-order valence-corrected chi connectivity index (χ3v) is 7.18. The number of carbonyl (C=O) groups excluding carboxylic acids is 1. The van der Waals surface area contributed by atoms with Crippen LogP contribution in [0, 0.1) is 27.7 Å². The van der Waals surface area contributed by atoms with Crippen molar-refractivity contribution in [3.8, 4) is 0 Å². The van der Waals surface area contributed by atoms with E-state index in [2.05, 4.69) is 5.10 Å². The van der Waals surface area contributed by atoms with E-state index in [0.29, 0.717) is 16.3 Å². The van der Waals surface area contributed by atoms with Gasteiger partial charge in [0.2, 0.25) is 0 Å². The number of thiophene rings is 1. The van der Waals surface area contributed by atoms with Crippen LogP contribution in [-0.2, 0) is 10.0 Å². The van der Waals surface area contributed by atoms with Crippen molar-refractivity contribution in [1.29, 1.82) is 0 Å². The second-order valence-corrected chi connectivity index (χ2v) is 9.38. The van der Waals surface area contributed by atoms with E-state index in [1.165, 1.54) is 23.1 Å². The predicted octanol–water partition coefficient (Wildman–Crippen LogP) is 3.69. The molecule has 0 fully saturated rings. The molecule has 8 heteroatoms. The summed E-state index contributed by atoms with van der Waals surface area (Å²) in [6.07, 6.45) is 0. The Morgan fingerprint density at radius 3 is 2.37 bits per heavy atom. The van der Waals surface area contributed by atoms with Gasteiger partial charge in [-0.15, -0.1) is 11.3 Å². The Morgan fingerprint density at radius 2 is 1.78 bits per heavy atom. The van der Waals surface area contributed by atoms with Crippen LogP contribution >= 0.6 is 11.3 Å². The number of hydrogen-bond acceptors (Lipinski definition) is 5. The predicted molar refractivity (Wildman–Crippen MR) is 107 cm³/mol. The van der Waals surface area contributed by atoms with Gasteiger partial charge in [0, 0.05) is 12.7 Å². The van der Waals surface area contributed by atoms with Gasteiger partial charge in [-0.3, -0.25) is 9.10 Å².